The molecule has 6 atom stereocenters. The molecule has 16 nitrogen and oxygen atoms in total. The Balaban J connectivity index is 2.20. The van der Waals surface area contributed by atoms with Crippen LogP contribution >= 0.6 is 22.7 Å². The Morgan fingerprint density at radius 3 is 2.56 bits per heavy atom. The van der Waals surface area contributed by atoms with Crippen molar-refractivity contribution < 1.29 is 50.4 Å². The zero-order chi connectivity index (χ0) is 26.1. The lowest BCUT2D eigenvalue weighted by Crippen LogP contribution is -2.33. The van der Waals surface area contributed by atoms with Gasteiger partial charge in [0.2, 0.25) is 0 Å². The van der Waals surface area contributed by atoms with Crippen LogP contribution in [0.4, 0.5) is 8.78 Å². The molecule has 190 valence electrons. The number of aryl methyl sites for hydroxylation is 1. The quantitative estimate of drug-likeness (QED) is 0.123. The first-order valence-corrected chi connectivity index (χ1v) is 14.2. The summed E-state index contributed by atoms with van der Waals surface area (Å²) in [6.07, 6.45) is -1.25. The van der Waals surface area contributed by atoms with Crippen molar-refractivity contribution in [3.63, 3.8) is 0 Å². The number of aromatic amines is 1. The molecule has 34 heavy (non-hydrogen) atoms. The monoisotopic (exact) mass is 551 g/mol. The zero-order valence-electron chi connectivity index (χ0n) is 17.7. The van der Waals surface area contributed by atoms with Crippen molar-refractivity contribution in [2.75, 3.05) is 13.7 Å². The van der Waals surface area contributed by atoms with Crippen molar-refractivity contribution >= 4 is 30.2 Å². The molecular formula is C12H19BF2N5O11P3. The number of hydrogen-bond acceptors (Lipinski definition) is 10. The number of nitrogens with zero attached hydrogens (tertiary/aromatic N) is 4. The van der Waals surface area contributed by atoms with Gasteiger partial charge in [-0.1, -0.05) is 5.11 Å². The Labute approximate surface area is 189 Å². The van der Waals surface area contributed by atoms with Crippen molar-refractivity contribution in [1.82, 2.24) is 9.55 Å². The number of halogens is 2. The average molecular weight is 551 g/mol. The van der Waals surface area contributed by atoms with Crippen molar-refractivity contribution in [2.45, 2.75) is 37.1 Å². The fourth-order valence-corrected chi connectivity index (χ4v) is 7.45. The molecule has 1 aliphatic heterocycles. The largest absolute Gasteiger partial charge is 0.444 e. The van der Waals surface area contributed by atoms with Crippen LogP contribution in [0.15, 0.2) is 20.9 Å². The second-order valence-corrected chi connectivity index (χ2v) is 13.4. The summed E-state index contributed by atoms with van der Waals surface area (Å²) in [4.78, 5) is 46.9. The van der Waals surface area contributed by atoms with Gasteiger partial charge in [-0.3, -0.25) is 28.0 Å². The first kappa shape index (κ1) is 28.6. The molecule has 0 bridgehead atoms. The highest BCUT2D eigenvalue weighted by Gasteiger charge is 2.67. The number of aromatic nitrogens is 2. The lowest BCUT2D eigenvalue weighted by Gasteiger charge is -2.27. The summed E-state index contributed by atoms with van der Waals surface area (Å²) in [6.45, 7) is 0.620. The Morgan fingerprint density at radius 2 is 2.00 bits per heavy atom. The summed E-state index contributed by atoms with van der Waals surface area (Å²) in [5, 5.41) is -1.88. The highest BCUT2D eigenvalue weighted by atomic mass is 31.3. The molecular weight excluding hydrogens is 532 g/mol. The molecule has 0 saturated carbocycles. The molecule has 22 heteroatoms. The number of alkyl halides is 2. The molecule has 1 aromatic rings. The minimum atomic E-state index is -6.38. The molecule has 0 radical (unpaired) electrons. The first-order valence-electron chi connectivity index (χ1n) is 9.02. The van der Waals surface area contributed by atoms with E-state index in [0.717, 1.165) is 4.57 Å². The third-order valence-electron chi connectivity index (χ3n) is 4.52. The summed E-state index contributed by atoms with van der Waals surface area (Å²) in [5.41, 5.74) is 7.43. The lowest BCUT2D eigenvalue weighted by atomic mass is 10.1. The van der Waals surface area contributed by atoms with Crippen LogP contribution in [-0.2, 0) is 31.8 Å². The van der Waals surface area contributed by atoms with Gasteiger partial charge < -0.3 is 23.6 Å². The Bertz CT molecular complexity index is 1250. The zero-order valence-corrected chi connectivity index (χ0v) is 20.4. The van der Waals surface area contributed by atoms with E-state index in [1.165, 1.54) is 13.1 Å². The fourth-order valence-electron chi connectivity index (χ4n) is 2.78. The summed E-state index contributed by atoms with van der Waals surface area (Å²) < 4.78 is 82.7. The molecule has 2 heterocycles. The predicted octanol–water partition coefficient (Wildman–Crippen LogP) is 1.15. The van der Waals surface area contributed by atoms with Crippen LogP contribution in [0, 0.1) is 6.92 Å². The number of ether oxygens (including phenoxy) is 1. The summed E-state index contributed by atoms with van der Waals surface area (Å²) in [6, 6.07) is -1.04. The van der Waals surface area contributed by atoms with Crippen LogP contribution in [0.25, 0.3) is 10.4 Å². The van der Waals surface area contributed by atoms with E-state index in [9.17, 15) is 37.0 Å². The fraction of sp³-hybridized carbons (Fsp3) is 0.667. The minimum Gasteiger partial charge on any atom is -0.352 e. The second kappa shape index (κ2) is 10.2. The topological polar surface area (TPSA) is 232 Å². The summed E-state index contributed by atoms with van der Waals surface area (Å²) in [7, 11) is -16.3. The van der Waals surface area contributed by atoms with E-state index in [1.54, 1.807) is 0 Å². The van der Waals surface area contributed by atoms with E-state index in [0.29, 0.717) is 14.7 Å². The van der Waals surface area contributed by atoms with E-state index in [-0.39, 0.29) is 12.0 Å². The van der Waals surface area contributed by atoms with E-state index in [1.807, 2.05) is 4.98 Å². The Kier molecular flexibility index (Phi) is 8.54. The van der Waals surface area contributed by atoms with Crippen LogP contribution in [-0.4, -0.2) is 58.2 Å². The van der Waals surface area contributed by atoms with Crippen LogP contribution < -0.4 is 11.2 Å². The van der Waals surface area contributed by atoms with Crippen LogP contribution in [0.5, 0.6) is 0 Å². The van der Waals surface area contributed by atoms with Gasteiger partial charge in [0.1, 0.15) is 6.23 Å². The standard InChI is InChI=1S/C12H19BF2N5O11P3/c1-6-4-20(11(22)17-10(6)21)9-3-7(18-19-16)8(30-9)5-29-34(13,27)31-33(25,26)12(14,15)32(23,24)28-2/h4,7-9H,3,5,13H2,1-2H3,(H,23,24)(H,25,26)(H,17,21,22)/t7-,8-,9-,34?/m1/s1. The SMILES string of the molecule is BP(=O)(OC[C@H]1O[C@@H](n2cc(C)c(=O)[nH]c2=O)C[C@H]1N=[N+]=[N-])OP(=O)(O)C(F)(F)P(=O)(O)OC. The van der Waals surface area contributed by atoms with E-state index < -0.39 is 64.3 Å². The average Bonchev–Trinajstić information content (AvgIpc) is 3.11. The number of azide groups is 1. The first-order chi connectivity index (χ1) is 15.5. The highest BCUT2D eigenvalue weighted by Crippen LogP contribution is 2.78. The number of H-pyrrole nitrogens is 1. The molecule has 1 aliphatic rings. The van der Waals surface area contributed by atoms with Crippen LogP contribution in [0.2, 0.25) is 0 Å². The predicted molar refractivity (Wildman–Crippen MR) is 112 cm³/mol. The molecule has 0 spiro atoms. The van der Waals surface area contributed by atoms with Crippen LogP contribution in [0.3, 0.4) is 0 Å². The molecule has 0 aromatic carbocycles. The van der Waals surface area contributed by atoms with Gasteiger partial charge in [-0.15, -0.1) is 0 Å². The van der Waals surface area contributed by atoms with Gasteiger partial charge in [-0.2, -0.15) is 8.78 Å². The van der Waals surface area contributed by atoms with Gasteiger partial charge >= 0.3 is 26.3 Å². The van der Waals surface area contributed by atoms with Gasteiger partial charge in [0.15, 0.2) is 0 Å². The van der Waals surface area contributed by atoms with Crippen molar-refractivity contribution in [3.8, 4) is 0 Å². The third-order valence-corrected chi connectivity index (χ3v) is 10.6. The Morgan fingerprint density at radius 1 is 1.38 bits per heavy atom. The normalized spacial score (nSPS) is 26.1. The van der Waals surface area contributed by atoms with Crippen molar-refractivity contribution in [3.05, 3.63) is 43.0 Å². The molecule has 1 saturated heterocycles. The number of rotatable bonds is 10. The molecule has 0 amide bonds. The summed E-state index contributed by atoms with van der Waals surface area (Å²) >= 11 is 0. The van der Waals surface area contributed by atoms with Gasteiger partial charge in [-0.05, 0) is 12.5 Å². The second-order valence-electron chi connectivity index (χ2n) is 7.00. The van der Waals surface area contributed by atoms with Gasteiger partial charge in [0.25, 0.3) is 20.6 Å². The Hall–Kier alpha value is -1.64. The van der Waals surface area contributed by atoms with E-state index >= 15 is 0 Å². The third kappa shape index (κ3) is 5.95. The van der Waals surface area contributed by atoms with Gasteiger partial charge in [-0.25, -0.2) is 9.11 Å². The van der Waals surface area contributed by atoms with Gasteiger partial charge in [0, 0.05) is 30.2 Å². The number of nitrogens with one attached hydrogen (secondary N) is 1. The molecule has 1 fully saturated rings. The van der Waals surface area contributed by atoms with E-state index in [2.05, 4.69) is 18.9 Å². The maximum Gasteiger partial charge on any atom is 0.444 e. The molecule has 3 N–H and O–H groups in total. The van der Waals surface area contributed by atoms with Crippen molar-refractivity contribution in [1.29, 1.82) is 0 Å². The van der Waals surface area contributed by atoms with Crippen LogP contribution in [0.1, 0.15) is 18.2 Å². The molecule has 1 aromatic heterocycles. The number of hydrogen-bond donors (Lipinski definition) is 3. The maximum atomic E-state index is 14.0. The smallest absolute Gasteiger partial charge is 0.352 e. The maximum absolute atomic E-state index is 14.0. The lowest BCUT2D eigenvalue weighted by molar-refractivity contribution is -0.0232. The van der Waals surface area contributed by atoms with Gasteiger partial charge in [0.05, 0.1) is 18.8 Å². The minimum absolute atomic E-state index is 0.115. The molecule has 0 aliphatic carbocycles. The molecule has 3 unspecified atom stereocenters. The van der Waals surface area contributed by atoms with Crippen molar-refractivity contribution in [2.24, 2.45) is 5.11 Å². The molecule has 2 rings (SSSR count). The summed E-state index contributed by atoms with van der Waals surface area (Å²) in [5.74, 6) is 0. The van der Waals surface area contributed by atoms with E-state index in [4.69, 9.17) is 19.7 Å². The highest BCUT2D eigenvalue weighted by molar-refractivity contribution is 7.86.